The van der Waals surface area contributed by atoms with Crippen molar-refractivity contribution < 1.29 is 9.53 Å². The van der Waals surface area contributed by atoms with E-state index in [2.05, 4.69) is 43.8 Å². The lowest BCUT2D eigenvalue weighted by atomic mass is 10.2. The average Bonchev–Trinajstić information content (AvgIpc) is 2.41. The van der Waals surface area contributed by atoms with Crippen molar-refractivity contribution in [1.29, 1.82) is 0 Å². The van der Waals surface area contributed by atoms with Gasteiger partial charge in [-0.25, -0.2) is 0 Å². The molecule has 6 heteroatoms. The Labute approximate surface area is 143 Å². The maximum absolute atomic E-state index is 12.3. The summed E-state index contributed by atoms with van der Waals surface area (Å²) in [6.45, 7) is 0. The monoisotopic (exact) mass is 465 g/mol. The van der Waals surface area contributed by atoms with Gasteiger partial charge in [0.25, 0.3) is 5.91 Å². The molecule has 0 heterocycles. The van der Waals surface area contributed by atoms with Gasteiger partial charge in [-0.05, 0) is 59.0 Å². The number of nitrogens with one attached hydrogen (secondary N) is 1. The van der Waals surface area contributed by atoms with Crippen LogP contribution in [0.2, 0.25) is 5.02 Å². The van der Waals surface area contributed by atoms with Gasteiger partial charge in [0.15, 0.2) is 0 Å². The number of anilines is 1. The molecule has 0 aliphatic rings. The number of hydrogen-bond acceptors (Lipinski definition) is 2. The van der Waals surface area contributed by atoms with E-state index in [-0.39, 0.29) is 5.91 Å². The van der Waals surface area contributed by atoms with E-state index in [1.807, 2.05) is 12.1 Å². The summed E-state index contributed by atoms with van der Waals surface area (Å²) in [5, 5.41) is 3.35. The van der Waals surface area contributed by atoms with Crippen molar-refractivity contribution in [3.05, 3.63) is 55.0 Å². The van der Waals surface area contributed by atoms with Gasteiger partial charge in [-0.1, -0.05) is 27.5 Å². The molecule has 0 fully saturated rings. The van der Waals surface area contributed by atoms with E-state index in [0.717, 1.165) is 8.04 Å². The van der Waals surface area contributed by atoms with Crippen LogP contribution in [0.15, 0.2) is 40.9 Å². The number of carbonyl (C=O) groups excluding carboxylic acids is 1. The van der Waals surface area contributed by atoms with Crippen molar-refractivity contribution >= 4 is 61.7 Å². The predicted molar refractivity (Wildman–Crippen MR) is 92.8 cm³/mol. The summed E-state index contributed by atoms with van der Waals surface area (Å²) in [4.78, 5) is 12.3. The number of methoxy groups -OCH3 is 1. The molecular weight excluding hydrogens is 456 g/mol. The molecule has 3 nitrogen and oxygen atoms in total. The van der Waals surface area contributed by atoms with Gasteiger partial charge in [-0.3, -0.25) is 4.79 Å². The highest BCUT2D eigenvalue weighted by Gasteiger charge is 2.13. The molecular formula is C14H10BrClINO2. The van der Waals surface area contributed by atoms with E-state index in [0.29, 0.717) is 22.0 Å². The SMILES string of the molecule is COc1ccc(Cl)cc1NC(=O)c1cc(Br)ccc1I. The Hall–Kier alpha value is -0.790. The number of amides is 1. The number of hydrogen-bond donors (Lipinski definition) is 1. The zero-order valence-electron chi connectivity index (χ0n) is 10.4. The fourth-order valence-corrected chi connectivity index (χ4v) is 2.75. The molecule has 2 rings (SSSR count). The minimum atomic E-state index is -0.212. The van der Waals surface area contributed by atoms with E-state index in [1.165, 1.54) is 0 Å². The first-order chi connectivity index (χ1) is 9.51. The van der Waals surface area contributed by atoms with E-state index >= 15 is 0 Å². The van der Waals surface area contributed by atoms with Gasteiger partial charge < -0.3 is 10.1 Å². The molecule has 0 aromatic heterocycles. The van der Waals surface area contributed by atoms with Crippen LogP contribution in [0.1, 0.15) is 10.4 Å². The molecule has 1 amide bonds. The normalized spacial score (nSPS) is 10.2. The molecule has 20 heavy (non-hydrogen) atoms. The first-order valence-corrected chi connectivity index (χ1v) is 7.86. The van der Waals surface area contributed by atoms with E-state index in [1.54, 1.807) is 31.4 Å². The Bertz CT molecular complexity index is 664. The van der Waals surface area contributed by atoms with E-state index in [9.17, 15) is 4.79 Å². The molecule has 0 unspecified atom stereocenters. The van der Waals surface area contributed by atoms with Gasteiger partial charge in [0.05, 0.1) is 18.4 Å². The number of halogens is 3. The largest absolute Gasteiger partial charge is 0.495 e. The van der Waals surface area contributed by atoms with Gasteiger partial charge in [0, 0.05) is 13.1 Å². The van der Waals surface area contributed by atoms with Crippen molar-refractivity contribution in [1.82, 2.24) is 0 Å². The molecule has 0 aliphatic carbocycles. The molecule has 2 aromatic carbocycles. The summed E-state index contributed by atoms with van der Waals surface area (Å²) in [6.07, 6.45) is 0. The fraction of sp³-hybridized carbons (Fsp3) is 0.0714. The Balaban J connectivity index is 2.32. The Morgan fingerprint density at radius 3 is 2.75 bits per heavy atom. The molecule has 0 aliphatic heterocycles. The lowest BCUT2D eigenvalue weighted by Crippen LogP contribution is -2.14. The minimum Gasteiger partial charge on any atom is -0.495 e. The third-order valence-electron chi connectivity index (χ3n) is 2.58. The van der Waals surface area contributed by atoms with Crippen molar-refractivity contribution in [2.75, 3.05) is 12.4 Å². The Morgan fingerprint density at radius 2 is 2.05 bits per heavy atom. The summed E-state index contributed by atoms with van der Waals surface area (Å²) < 4.78 is 6.92. The smallest absolute Gasteiger partial charge is 0.256 e. The first kappa shape index (κ1) is 15.6. The highest BCUT2D eigenvalue weighted by molar-refractivity contribution is 14.1. The first-order valence-electron chi connectivity index (χ1n) is 5.61. The molecule has 2 aromatic rings. The molecule has 1 N–H and O–H groups in total. The van der Waals surface area contributed by atoms with Crippen LogP contribution in [0, 0.1) is 3.57 Å². The molecule has 0 atom stereocenters. The molecule has 0 saturated carbocycles. The second kappa shape index (κ2) is 6.78. The van der Waals surface area contributed by atoms with E-state index in [4.69, 9.17) is 16.3 Å². The lowest BCUT2D eigenvalue weighted by molar-refractivity contribution is 0.102. The van der Waals surface area contributed by atoms with Crippen LogP contribution >= 0.6 is 50.1 Å². The van der Waals surface area contributed by atoms with Gasteiger partial charge in [-0.2, -0.15) is 0 Å². The molecule has 0 bridgehead atoms. The fourth-order valence-electron chi connectivity index (χ4n) is 1.64. The minimum absolute atomic E-state index is 0.212. The predicted octanol–water partition coefficient (Wildman–Crippen LogP) is 4.97. The van der Waals surface area contributed by atoms with Crippen molar-refractivity contribution in [3.63, 3.8) is 0 Å². The summed E-state index contributed by atoms with van der Waals surface area (Å²) in [6, 6.07) is 10.6. The molecule has 0 saturated heterocycles. The number of rotatable bonds is 3. The second-order valence-corrected chi connectivity index (χ2v) is 6.44. The highest BCUT2D eigenvalue weighted by Crippen LogP contribution is 2.28. The number of ether oxygens (including phenoxy) is 1. The van der Waals surface area contributed by atoms with Crippen molar-refractivity contribution in [3.8, 4) is 5.75 Å². The zero-order valence-corrected chi connectivity index (χ0v) is 14.9. The third-order valence-corrected chi connectivity index (χ3v) is 4.25. The maximum atomic E-state index is 12.3. The Morgan fingerprint density at radius 1 is 1.30 bits per heavy atom. The van der Waals surface area contributed by atoms with Crippen LogP contribution in [0.3, 0.4) is 0 Å². The topological polar surface area (TPSA) is 38.3 Å². The summed E-state index contributed by atoms with van der Waals surface area (Å²) in [7, 11) is 1.54. The van der Waals surface area contributed by atoms with Gasteiger partial charge >= 0.3 is 0 Å². The summed E-state index contributed by atoms with van der Waals surface area (Å²) in [5.41, 5.74) is 1.13. The average molecular weight is 467 g/mol. The number of benzene rings is 2. The van der Waals surface area contributed by atoms with Crippen LogP contribution in [0.4, 0.5) is 5.69 Å². The van der Waals surface area contributed by atoms with Gasteiger partial charge in [0.1, 0.15) is 5.75 Å². The molecule has 0 radical (unpaired) electrons. The van der Waals surface area contributed by atoms with Gasteiger partial charge in [-0.15, -0.1) is 0 Å². The lowest BCUT2D eigenvalue weighted by Gasteiger charge is -2.11. The van der Waals surface area contributed by atoms with Crippen LogP contribution in [0.5, 0.6) is 5.75 Å². The summed E-state index contributed by atoms with van der Waals surface area (Å²) in [5.74, 6) is 0.351. The summed E-state index contributed by atoms with van der Waals surface area (Å²) >= 11 is 11.4. The maximum Gasteiger partial charge on any atom is 0.256 e. The van der Waals surface area contributed by atoms with Crippen LogP contribution < -0.4 is 10.1 Å². The van der Waals surface area contributed by atoms with E-state index < -0.39 is 0 Å². The van der Waals surface area contributed by atoms with Crippen LogP contribution in [-0.4, -0.2) is 13.0 Å². The standard InChI is InChI=1S/C14H10BrClINO2/c1-20-13-5-3-9(16)7-12(13)18-14(19)10-6-8(15)2-4-11(10)17/h2-7H,1H3,(H,18,19). The second-order valence-electron chi connectivity index (χ2n) is 3.92. The van der Waals surface area contributed by atoms with Crippen molar-refractivity contribution in [2.45, 2.75) is 0 Å². The molecule has 0 spiro atoms. The van der Waals surface area contributed by atoms with Gasteiger partial charge in [0.2, 0.25) is 0 Å². The molecule has 104 valence electrons. The highest BCUT2D eigenvalue weighted by atomic mass is 127. The quantitative estimate of drug-likeness (QED) is 0.649. The van der Waals surface area contributed by atoms with Crippen LogP contribution in [-0.2, 0) is 0 Å². The van der Waals surface area contributed by atoms with Crippen molar-refractivity contribution in [2.24, 2.45) is 0 Å². The van der Waals surface area contributed by atoms with Crippen LogP contribution in [0.25, 0.3) is 0 Å². The zero-order chi connectivity index (χ0) is 14.7. The third kappa shape index (κ3) is 3.65. The number of carbonyl (C=O) groups is 1. The Kier molecular flexibility index (Phi) is 5.29.